The second-order valence-electron chi connectivity index (χ2n) is 9.86. The summed E-state index contributed by atoms with van der Waals surface area (Å²) in [6.45, 7) is 3.15. The van der Waals surface area contributed by atoms with Crippen LogP contribution in [0.3, 0.4) is 0 Å². The summed E-state index contributed by atoms with van der Waals surface area (Å²) >= 11 is 0. The lowest BCUT2D eigenvalue weighted by molar-refractivity contribution is 0.280. The summed E-state index contributed by atoms with van der Waals surface area (Å²) in [6, 6.07) is 5.90. The summed E-state index contributed by atoms with van der Waals surface area (Å²) in [7, 11) is 1.62. The fourth-order valence-corrected chi connectivity index (χ4v) is 5.09. The SMILES string of the molecule is COc1cc(-c2cn(Cc3n[nH]c(N4CCC[C@@H](NCC5CCC5)C4)cc3=O)nn2)c2cn[nH]c2c1. The quantitative estimate of drug-likeness (QED) is 0.344. The predicted octanol–water partition coefficient (Wildman–Crippen LogP) is 2.32. The maximum absolute atomic E-state index is 12.9. The maximum Gasteiger partial charge on any atom is 0.207 e. The first kappa shape index (κ1) is 22.7. The van der Waals surface area contributed by atoms with Crippen LogP contribution >= 0.6 is 0 Å². The molecule has 1 aliphatic carbocycles. The third-order valence-electron chi connectivity index (χ3n) is 7.43. The van der Waals surface area contributed by atoms with Gasteiger partial charge in [0.2, 0.25) is 5.43 Å². The average molecular weight is 490 g/mol. The monoisotopic (exact) mass is 489 g/mol. The van der Waals surface area contributed by atoms with Crippen molar-refractivity contribution >= 4 is 16.7 Å². The van der Waals surface area contributed by atoms with E-state index in [0.717, 1.165) is 54.3 Å². The minimum absolute atomic E-state index is 0.107. The number of rotatable bonds is 8. The number of aromatic nitrogens is 7. The number of nitrogens with one attached hydrogen (secondary N) is 3. The minimum Gasteiger partial charge on any atom is -0.497 e. The minimum atomic E-state index is -0.107. The number of piperidine rings is 1. The number of hydrogen-bond acceptors (Lipinski definition) is 8. The molecule has 3 N–H and O–H groups in total. The highest BCUT2D eigenvalue weighted by atomic mass is 16.5. The molecule has 11 heteroatoms. The Balaban J connectivity index is 1.15. The topological polar surface area (TPSA) is 130 Å². The van der Waals surface area contributed by atoms with Crippen LogP contribution in [0.25, 0.3) is 22.2 Å². The molecule has 1 atom stereocenters. The molecule has 11 nitrogen and oxygen atoms in total. The number of anilines is 1. The number of aromatic amines is 2. The fourth-order valence-electron chi connectivity index (χ4n) is 5.09. The van der Waals surface area contributed by atoms with Gasteiger partial charge in [0, 0.05) is 42.2 Å². The smallest absolute Gasteiger partial charge is 0.207 e. The molecule has 2 fully saturated rings. The van der Waals surface area contributed by atoms with Gasteiger partial charge in [-0.15, -0.1) is 5.10 Å². The van der Waals surface area contributed by atoms with Gasteiger partial charge in [0.05, 0.1) is 31.6 Å². The van der Waals surface area contributed by atoms with E-state index in [2.05, 4.69) is 40.9 Å². The second kappa shape index (κ2) is 9.73. The standard InChI is InChI=1S/C25H31N9O2/c1-36-18-8-19(20-12-27-28-21(20)9-18)22-14-34(32-30-22)15-23-24(35)10-25(31-29-23)33-7-3-6-17(13-33)26-11-16-4-2-5-16/h8-10,12,14,16-17,26H,2-7,11,13,15H2,1H3,(H,27,28)(H,31,35)/t17-/m1/s1. The van der Waals surface area contributed by atoms with Crippen molar-refractivity contribution in [3.63, 3.8) is 0 Å². The van der Waals surface area contributed by atoms with Gasteiger partial charge < -0.3 is 15.0 Å². The Morgan fingerprint density at radius 1 is 1.17 bits per heavy atom. The molecular formula is C25H31N9O2. The van der Waals surface area contributed by atoms with Crippen molar-refractivity contribution in [2.45, 2.75) is 44.7 Å². The van der Waals surface area contributed by atoms with Crippen LogP contribution in [-0.2, 0) is 6.54 Å². The Labute approximate surface area is 208 Å². The largest absolute Gasteiger partial charge is 0.497 e. The normalized spacial score (nSPS) is 18.5. The van der Waals surface area contributed by atoms with Crippen LogP contribution in [0.4, 0.5) is 5.82 Å². The van der Waals surface area contributed by atoms with Gasteiger partial charge in [0.15, 0.2) is 0 Å². The molecule has 4 heterocycles. The van der Waals surface area contributed by atoms with Crippen molar-refractivity contribution in [3.05, 3.63) is 46.5 Å². The van der Waals surface area contributed by atoms with Crippen LogP contribution in [0.15, 0.2) is 35.4 Å². The van der Waals surface area contributed by atoms with Crippen LogP contribution in [0.1, 0.15) is 37.8 Å². The highest BCUT2D eigenvalue weighted by molar-refractivity contribution is 5.94. The molecule has 1 aliphatic heterocycles. The van der Waals surface area contributed by atoms with Crippen LogP contribution in [0.5, 0.6) is 5.75 Å². The molecule has 1 saturated heterocycles. The van der Waals surface area contributed by atoms with E-state index in [4.69, 9.17) is 4.74 Å². The summed E-state index contributed by atoms with van der Waals surface area (Å²) in [4.78, 5) is 15.1. The highest BCUT2D eigenvalue weighted by Gasteiger charge is 2.24. The van der Waals surface area contributed by atoms with E-state index in [-0.39, 0.29) is 12.0 Å². The molecule has 36 heavy (non-hydrogen) atoms. The van der Waals surface area contributed by atoms with Gasteiger partial charge in [-0.25, -0.2) is 4.68 Å². The van der Waals surface area contributed by atoms with Crippen LogP contribution in [0, 0.1) is 5.92 Å². The molecule has 0 amide bonds. The van der Waals surface area contributed by atoms with Crippen molar-refractivity contribution in [1.82, 2.24) is 40.7 Å². The van der Waals surface area contributed by atoms with Crippen molar-refractivity contribution in [1.29, 1.82) is 0 Å². The molecule has 6 rings (SSSR count). The van der Waals surface area contributed by atoms with E-state index in [1.165, 1.54) is 25.7 Å². The molecule has 188 valence electrons. The Kier molecular flexibility index (Phi) is 6.14. The van der Waals surface area contributed by atoms with E-state index in [0.29, 0.717) is 23.2 Å². The number of ether oxygens (including phenoxy) is 1. The highest BCUT2D eigenvalue weighted by Crippen LogP contribution is 2.31. The van der Waals surface area contributed by atoms with E-state index in [9.17, 15) is 4.79 Å². The molecule has 1 saturated carbocycles. The van der Waals surface area contributed by atoms with Gasteiger partial charge in [-0.1, -0.05) is 11.6 Å². The zero-order chi connectivity index (χ0) is 24.5. The third kappa shape index (κ3) is 4.58. The number of methoxy groups -OCH3 is 1. The van der Waals surface area contributed by atoms with Crippen molar-refractivity contribution in [3.8, 4) is 17.0 Å². The van der Waals surface area contributed by atoms with Gasteiger partial charge in [0.25, 0.3) is 0 Å². The molecule has 0 radical (unpaired) electrons. The number of hydrogen-bond donors (Lipinski definition) is 3. The molecule has 4 aromatic rings. The first-order valence-corrected chi connectivity index (χ1v) is 12.6. The van der Waals surface area contributed by atoms with Gasteiger partial charge in [-0.05, 0) is 44.2 Å². The first-order chi connectivity index (χ1) is 17.7. The molecule has 3 aromatic heterocycles. The van der Waals surface area contributed by atoms with Crippen molar-refractivity contribution in [2.75, 3.05) is 31.6 Å². The molecule has 0 spiro atoms. The zero-order valence-corrected chi connectivity index (χ0v) is 20.4. The van der Waals surface area contributed by atoms with E-state index in [1.54, 1.807) is 30.3 Å². The lowest BCUT2D eigenvalue weighted by Crippen LogP contribution is -2.48. The molecular weight excluding hydrogens is 458 g/mol. The Bertz CT molecular complexity index is 1400. The molecule has 2 aliphatic rings. The maximum atomic E-state index is 12.9. The van der Waals surface area contributed by atoms with Crippen LogP contribution < -0.4 is 20.4 Å². The van der Waals surface area contributed by atoms with Crippen molar-refractivity contribution in [2.24, 2.45) is 5.92 Å². The summed E-state index contributed by atoms with van der Waals surface area (Å²) in [6.07, 6.45) is 9.90. The Hall–Kier alpha value is -3.73. The summed E-state index contributed by atoms with van der Waals surface area (Å²) in [5.41, 5.74) is 2.66. The Morgan fingerprint density at radius 3 is 2.89 bits per heavy atom. The van der Waals surface area contributed by atoms with Crippen LogP contribution in [-0.4, -0.2) is 68.2 Å². The number of nitrogens with zero attached hydrogens (tertiary/aromatic N) is 6. The number of benzene rings is 1. The number of fused-ring (bicyclic) bond motifs is 1. The average Bonchev–Trinajstić information content (AvgIpc) is 3.53. The molecule has 0 unspecified atom stereocenters. The molecule has 0 bridgehead atoms. The van der Waals surface area contributed by atoms with Gasteiger partial charge in [0.1, 0.15) is 23.0 Å². The van der Waals surface area contributed by atoms with E-state index >= 15 is 0 Å². The van der Waals surface area contributed by atoms with Gasteiger partial charge in [-0.3, -0.25) is 15.0 Å². The predicted molar refractivity (Wildman–Crippen MR) is 136 cm³/mol. The Morgan fingerprint density at radius 2 is 2.08 bits per heavy atom. The second-order valence-corrected chi connectivity index (χ2v) is 9.86. The van der Waals surface area contributed by atoms with E-state index < -0.39 is 0 Å². The lowest BCUT2D eigenvalue weighted by atomic mass is 9.85. The van der Waals surface area contributed by atoms with Crippen molar-refractivity contribution < 1.29 is 4.74 Å². The summed E-state index contributed by atoms with van der Waals surface area (Å²) < 4.78 is 7.03. The number of H-pyrrole nitrogens is 2. The van der Waals surface area contributed by atoms with Gasteiger partial charge in [-0.2, -0.15) is 10.2 Å². The van der Waals surface area contributed by atoms with Crippen LogP contribution in [0.2, 0.25) is 0 Å². The van der Waals surface area contributed by atoms with E-state index in [1.807, 2.05) is 12.1 Å². The summed E-state index contributed by atoms with van der Waals surface area (Å²) in [5.74, 6) is 2.31. The third-order valence-corrected chi connectivity index (χ3v) is 7.43. The fraction of sp³-hybridized carbons (Fsp3) is 0.480. The summed E-state index contributed by atoms with van der Waals surface area (Å²) in [5, 5.41) is 27.8. The van der Waals surface area contributed by atoms with Gasteiger partial charge >= 0.3 is 0 Å². The first-order valence-electron chi connectivity index (χ1n) is 12.6. The zero-order valence-electron chi connectivity index (χ0n) is 20.4. The molecule has 1 aromatic carbocycles. The lowest BCUT2D eigenvalue weighted by Gasteiger charge is -2.36.